The molecule has 0 unspecified atom stereocenters. The maximum Gasteiger partial charge on any atom is 0.231 e. The lowest BCUT2D eigenvalue weighted by atomic mass is 10.1. The van der Waals surface area contributed by atoms with Crippen molar-refractivity contribution in [3.8, 4) is 28.3 Å². The molecule has 0 fully saturated rings. The van der Waals surface area contributed by atoms with Crippen LogP contribution in [-0.4, -0.2) is 14.5 Å². The first-order valence-electron chi connectivity index (χ1n) is 15.0. The number of fused-ring (bicyclic) bond motifs is 10. The molecule has 0 saturated heterocycles. The van der Waals surface area contributed by atoms with Gasteiger partial charge in [-0.25, -0.2) is 4.98 Å². The summed E-state index contributed by atoms with van der Waals surface area (Å²) in [6.07, 6.45) is 0. The molecule has 0 radical (unpaired) electrons. The molecule has 0 aliphatic rings. The number of rotatable bonds is 3. The van der Waals surface area contributed by atoms with Gasteiger partial charge in [0.15, 0.2) is 5.82 Å². The van der Waals surface area contributed by atoms with Gasteiger partial charge in [0.2, 0.25) is 5.71 Å². The quantitative estimate of drug-likeness (QED) is 0.205. The van der Waals surface area contributed by atoms with Crippen molar-refractivity contribution in [3.05, 3.63) is 140 Å². The number of thiophene rings is 1. The van der Waals surface area contributed by atoms with Crippen LogP contribution in [0.5, 0.6) is 0 Å². The van der Waals surface area contributed by atoms with Gasteiger partial charge in [0, 0.05) is 47.5 Å². The fourth-order valence-electron chi connectivity index (χ4n) is 6.92. The summed E-state index contributed by atoms with van der Waals surface area (Å²) in [7, 11) is 0. The lowest BCUT2D eigenvalue weighted by Crippen LogP contribution is -2.01. The van der Waals surface area contributed by atoms with Crippen LogP contribution in [0.15, 0.2) is 144 Å². The van der Waals surface area contributed by atoms with Crippen molar-refractivity contribution in [2.75, 3.05) is 0 Å². The minimum absolute atomic E-state index is 0.586. The Hall–Kier alpha value is -5.78. The molecule has 0 spiro atoms. The van der Waals surface area contributed by atoms with Gasteiger partial charge in [-0.2, -0.15) is 4.98 Å². The molecule has 4 aromatic heterocycles. The van der Waals surface area contributed by atoms with E-state index in [1.807, 2.05) is 47.7 Å². The Morgan fingerprint density at radius 1 is 0.533 bits per heavy atom. The van der Waals surface area contributed by atoms with Gasteiger partial charge in [-0.05, 0) is 36.4 Å². The number of hydrogen-bond donors (Lipinski definition) is 0. The Morgan fingerprint density at radius 2 is 1.27 bits per heavy atom. The van der Waals surface area contributed by atoms with Crippen molar-refractivity contribution in [1.82, 2.24) is 14.5 Å². The Bertz CT molecular complexity index is 2770. The number of hydrogen-bond acceptors (Lipinski definition) is 4. The first kappa shape index (κ1) is 24.6. The summed E-state index contributed by atoms with van der Waals surface area (Å²) in [6, 6.07) is 48.9. The molecule has 0 aliphatic heterocycles. The molecule has 0 aliphatic carbocycles. The smallest absolute Gasteiger partial charge is 0.231 e. The van der Waals surface area contributed by atoms with Gasteiger partial charge in [0.05, 0.1) is 27.8 Å². The van der Waals surface area contributed by atoms with Gasteiger partial charge in [0.25, 0.3) is 0 Å². The predicted octanol–water partition coefficient (Wildman–Crippen LogP) is 11.2. The van der Waals surface area contributed by atoms with Crippen molar-refractivity contribution in [2.45, 2.75) is 0 Å². The first-order chi connectivity index (χ1) is 22.3. The highest BCUT2D eigenvalue weighted by Gasteiger charge is 2.23. The molecule has 45 heavy (non-hydrogen) atoms. The molecule has 6 aromatic carbocycles. The molecule has 0 saturated carbocycles. The fourth-order valence-corrected chi connectivity index (χ4v) is 8.03. The van der Waals surface area contributed by atoms with Crippen molar-refractivity contribution >= 4 is 75.4 Å². The summed E-state index contributed by atoms with van der Waals surface area (Å²) in [4.78, 5) is 10.4. The second-order valence-corrected chi connectivity index (χ2v) is 12.4. The van der Waals surface area contributed by atoms with E-state index >= 15 is 0 Å². The van der Waals surface area contributed by atoms with Gasteiger partial charge in [0.1, 0.15) is 5.58 Å². The van der Waals surface area contributed by atoms with Crippen molar-refractivity contribution in [1.29, 1.82) is 0 Å². The van der Waals surface area contributed by atoms with Crippen molar-refractivity contribution in [2.24, 2.45) is 0 Å². The third-order valence-electron chi connectivity index (χ3n) is 8.85. The zero-order valence-corrected chi connectivity index (χ0v) is 24.8. The monoisotopic (exact) mass is 593 g/mol. The highest BCUT2D eigenvalue weighted by Crippen LogP contribution is 2.44. The highest BCUT2D eigenvalue weighted by molar-refractivity contribution is 7.26. The molecular formula is C40H23N3OS. The summed E-state index contributed by atoms with van der Waals surface area (Å²) in [6.45, 7) is 0. The Kier molecular flexibility index (Phi) is 5.12. The zero-order valence-electron chi connectivity index (χ0n) is 23.9. The second-order valence-electron chi connectivity index (χ2n) is 11.3. The summed E-state index contributed by atoms with van der Waals surface area (Å²) < 4.78 is 11.4. The minimum atomic E-state index is 0.586. The molecule has 210 valence electrons. The largest absolute Gasteiger partial charge is 0.438 e. The van der Waals surface area contributed by atoms with Gasteiger partial charge in [-0.3, -0.25) is 0 Å². The van der Waals surface area contributed by atoms with E-state index in [1.54, 1.807) is 0 Å². The summed E-state index contributed by atoms with van der Waals surface area (Å²) in [5.74, 6) is 0.629. The number of aromatic nitrogens is 3. The van der Waals surface area contributed by atoms with Crippen LogP contribution in [0.1, 0.15) is 0 Å². The van der Waals surface area contributed by atoms with Gasteiger partial charge in [-0.1, -0.05) is 103 Å². The minimum Gasteiger partial charge on any atom is -0.438 e. The molecule has 4 heterocycles. The Balaban J connectivity index is 1.34. The Morgan fingerprint density at radius 3 is 2.18 bits per heavy atom. The van der Waals surface area contributed by atoms with Gasteiger partial charge < -0.3 is 8.98 Å². The molecule has 10 rings (SSSR count). The molecule has 4 nitrogen and oxygen atoms in total. The molecule has 0 N–H and O–H groups in total. The molecule has 10 aromatic rings. The average Bonchev–Trinajstić information content (AvgIpc) is 3.77. The zero-order chi connectivity index (χ0) is 29.5. The lowest BCUT2D eigenvalue weighted by Gasteiger charge is -2.14. The fraction of sp³-hybridized carbons (Fsp3) is 0. The Labute approximate surface area is 261 Å². The van der Waals surface area contributed by atoms with E-state index in [1.165, 1.54) is 36.5 Å². The van der Waals surface area contributed by atoms with Crippen molar-refractivity contribution < 1.29 is 4.42 Å². The number of para-hydroxylation sites is 3. The standard InChI is InChI=1S/C40H23N3OS/c1-2-12-24(13-3-1)37-36-28-16-6-10-20-32(28)44-40(36)42-39(41-37)27-15-5-9-19-31(27)43-30-18-8-4-14-25(30)26-22-23-34-35(38(26)43)29-17-7-11-21-33(29)45-34/h1-23H. The SMILES string of the molecule is c1ccc(-c2nc(-c3ccccc3-n3c4ccccc4c4ccc5sc6ccccc6c5c43)nc3oc4ccccc4c23)cc1. The second kappa shape index (κ2) is 9.36. The van der Waals surface area contributed by atoms with E-state index in [0.717, 1.165) is 44.4 Å². The van der Waals surface area contributed by atoms with Crippen LogP contribution in [0.25, 0.3) is 92.4 Å². The topological polar surface area (TPSA) is 43.9 Å². The van der Waals surface area contributed by atoms with Crippen LogP contribution in [-0.2, 0) is 0 Å². The van der Waals surface area contributed by atoms with Crippen LogP contribution in [0, 0.1) is 0 Å². The van der Waals surface area contributed by atoms with Crippen LogP contribution in [0.2, 0.25) is 0 Å². The summed E-state index contributed by atoms with van der Waals surface area (Å²) in [5.41, 5.74) is 7.60. The number of benzene rings is 6. The molecule has 0 bridgehead atoms. The molecule has 0 amide bonds. The van der Waals surface area contributed by atoms with Crippen molar-refractivity contribution in [3.63, 3.8) is 0 Å². The van der Waals surface area contributed by atoms with Crippen LogP contribution in [0.3, 0.4) is 0 Å². The van der Waals surface area contributed by atoms with Crippen LogP contribution in [0.4, 0.5) is 0 Å². The van der Waals surface area contributed by atoms with Crippen LogP contribution < -0.4 is 0 Å². The van der Waals surface area contributed by atoms with Gasteiger partial charge >= 0.3 is 0 Å². The van der Waals surface area contributed by atoms with E-state index in [4.69, 9.17) is 14.4 Å². The third-order valence-corrected chi connectivity index (χ3v) is 9.98. The average molecular weight is 594 g/mol. The van der Waals surface area contributed by atoms with E-state index in [9.17, 15) is 0 Å². The summed E-state index contributed by atoms with van der Waals surface area (Å²) >= 11 is 1.84. The van der Waals surface area contributed by atoms with E-state index in [0.29, 0.717) is 11.5 Å². The maximum absolute atomic E-state index is 6.39. The first-order valence-corrected chi connectivity index (χ1v) is 15.8. The predicted molar refractivity (Wildman–Crippen MR) is 187 cm³/mol. The third kappa shape index (κ3) is 3.53. The molecule has 5 heteroatoms. The van der Waals surface area contributed by atoms with E-state index < -0.39 is 0 Å². The van der Waals surface area contributed by atoms with E-state index in [2.05, 4.69) is 108 Å². The normalized spacial score (nSPS) is 12.0. The van der Waals surface area contributed by atoms with E-state index in [-0.39, 0.29) is 0 Å². The molecular weight excluding hydrogens is 571 g/mol. The molecule has 0 atom stereocenters. The van der Waals surface area contributed by atoms with Gasteiger partial charge in [-0.15, -0.1) is 11.3 Å². The number of furan rings is 1. The number of nitrogens with zero attached hydrogens (tertiary/aromatic N) is 3. The van der Waals surface area contributed by atoms with Crippen LogP contribution >= 0.6 is 11.3 Å². The lowest BCUT2D eigenvalue weighted by molar-refractivity contribution is 0.653. The highest BCUT2D eigenvalue weighted by atomic mass is 32.1. The summed E-state index contributed by atoms with van der Waals surface area (Å²) in [5, 5.41) is 6.95. The maximum atomic E-state index is 6.39.